The molecule has 0 fully saturated rings. The fraction of sp³-hybridized carbons (Fsp3) is 0.500. The molecule has 0 saturated carbocycles. The molecule has 18 heavy (non-hydrogen) atoms. The molecule has 0 atom stereocenters. The van der Waals surface area contributed by atoms with E-state index in [0.29, 0.717) is 21.9 Å². The first-order chi connectivity index (χ1) is 8.40. The molecule has 98 valence electrons. The fourth-order valence-corrected chi connectivity index (χ4v) is 1.65. The van der Waals surface area contributed by atoms with Crippen molar-refractivity contribution >= 4 is 46.3 Å². The molecule has 0 amide bonds. The summed E-state index contributed by atoms with van der Waals surface area (Å²) < 4.78 is 0. The summed E-state index contributed by atoms with van der Waals surface area (Å²) in [6, 6.07) is 0. The van der Waals surface area contributed by atoms with E-state index >= 15 is 0 Å². The third-order valence-corrected chi connectivity index (χ3v) is 3.48. The highest BCUT2D eigenvalue weighted by Gasteiger charge is 2.26. The van der Waals surface area contributed by atoms with Crippen LogP contribution in [0.1, 0.15) is 0 Å². The van der Waals surface area contributed by atoms with Crippen molar-refractivity contribution in [3.05, 3.63) is 0 Å². The Morgan fingerprint density at radius 2 is 1.11 bits per heavy atom. The molecule has 10 heteroatoms. The second-order valence-corrected chi connectivity index (χ2v) is 4.58. The van der Waals surface area contributed by atoms with Crippen LogP contribution in [0.5, 0.6) is 0 Å². The quantitative estimate of drug-likeness (QED) is 0.592. The smallest absolute Gasteiger partial charge is 0.211 e. The molecular weight excluding hydrogens is 272 g/mol. The van der Waals surface area contributed by atoms with Gasteiger partial charge in [-0.2, -0.15) is 0 Å². The molecule has 2 N–H and O–H groups in total. The molecule has 0 radical (unpaired) electrons. The van der Waals surface area contributed by atoms with Gasteiger partial charge in [-0.15, -0.1) is 10.2 Å². The van der Waals surface area contributed by atoms with Gasteiger partial charge in [0, 0.05) is 28.2 Å². The van der Waals surface area contributed by atoms with E-state index in [9.17, 15) is 0 Å². The van der Waals surface area contributed by atoms with Crippen LogP contribution in [0.2, 0.25) is 0 Å². The summed E-state index contributed by atoms with van der Waals surface area (Å²) in [6.07, 6.45) is 0. The molecule has 0 spiro atoms. The Morgan fingerprint density at radius 1 is 0.778 bits per heavy atom. The van der Waals surface area contributed by atoms with Crippen LogP contribution in [0.4, 0.5) is 0 Å². The van der Waals surface area contributed by atoms with Gasteiger partial charge in [0.15, 0.2) is 0 Å². The maximum atomic E-state index is 5.15. The van der Waals surface area contributed by atoms with E-state index in [4.69, 9.17) is 24.4 Å². The highest BCUT2D eigenvalue weighted by Crippen LogP contribution is 2.04. The lowest BCUT2D eigenvalue weighted by Gasteiger charge is -2.36. The van der Waals surface area contributed by atoms with E-state index in [1.807, 2.05) is 14.1 Å². The number of thiocarbonyl (C=S) groups is 2. The topological polar surface area (TPSA) is 61.7 Å². The number of nitrogens with zero attached hydrogens (tertiary/aromatic N) is 6. The van der Waals surface area contributed by atoms with Crippen molar-refractivity contribution in [1.29, 1.82) is 0 Å². The average molecular weight is 286 g/mol. The van der Waals surface area contributed by atoms with E-state index in [1.165, 1.54) is 0 Å². The Hall–Kier alpha value is -1.68. The van der Waals surface area contributed by atoms with E-state index in [-0.39, 0.29) is 0 Å². The van der Waals surface area contributed by atoms with Crippen LogP contribution in [-0.4, -0.2) is 70.1 Å². The zero-order valence-corrected chi connectivity index (χ0v) is 12.1. The van der Waals surface area contributed by atoms with Gasteiger partial charge >= 0.3 is 0 Å². The lowest BCUT2D eigenvalue weighted by molar-refractivity contribution is 0.338. The van der Waals surface area contributed by atoms with Gasteiger partial charge in [-0.3, -0.25) is 20.9 Å². The van der Waals surface area contributed by atoms with Crippen molar-refractivity contribution in [3.8, 4) is 0 Å². The number of amidine groups is 2. The minimum Gasteiger partial charge on any atom is -0.275 e. The van der Waals surface area contributed by atoms with Crippen LogP contribution < -0.4 is 10.9 Å². The Morgan fingerprint density at radius 3 is 1.39 bits per heavy atom. The van der Waals surface area contributed by atoms with Crippen LogP contribution in [0, 0.1) is 0 Å². The number of hydrogen-bond donors (Lipinski definition) is 2. The van der Waals surface area contributed by atoms with Crippen molar-refractivity contribution in [2.45, 2.75) is 0 Å². The van der Waals surface area contributed by atoms with Crippen molar-refractivity contribution in [2.24, 2.45) is 10.2 Å². The minimum absolute atomic E-state index is 0.565. The van der Waals surface area contributed by atoms with Gasteiger partial charge in [0.1, 0.15) is 0 Å². The Balaban J connectivity index is 2.28. The summed E-state index contributed by atoms with van der Waals surface area (Å²) in [7, 11) is 7.19. The monoisotopic (exact) mass is 286 g/mol. The first kappa shape index (κ1) is 12.8. The van der Waals surface area contributed by atoms with E-state index in [0.717, 1.165) is 0 Å². The van der Waals surface area contributed by atoms with Gasteiger partial charge in [0.2, 0.25) is 21.9 Å². The number of hydrazine groups is 2. The van der Waals surface area contributed by atoms with Gasteiger partial charge in [0.25, 0.3) is 0 Å². The molecule has 2 aliphatic heterocycles. The predicted molar refractivity (Wildman–Crippen MR) is 77.4 cm³/mol. The molecule has 0 unspecified atom stereocenters. The predicted octanol–water partition coefficient (Wildman–Crippen LogP) is -1.05. The van der Waals surface area contributed by atoms with Gasteiger partial charge in [0.05, 0.1) is 0 Å². The second-order valence-electron chi connectivity index (χ2n) is 3.85. The van der Waals surface area contributed by atoms with Crippen LogP contribution in [0.25, 0.3) is 0 Å². The molecule has 0 aromatic carbocycles. The molecule has 0 bridgehead atoms. The van der Waals surface area contributed by atoms with Crippen molar-refractivity contribution in [2.75, 3.05) is 28.2 Å². The SMILES string of the molecule is CN1N=C(C2=NN(C)C(=S)N(C)N2)NN(C)C1=S. The summed E-state index contributed by atoms with van der Waals surface area (Å²) in [5.74, 6) is 1.13. The Bertz CT molecular complexity index is 416. The fourth-order valence-electron chi connectivity index (χ4n) is 1.48. The zero-order chi connectivity index (χ0) is 13.4. The largest absolute Gasteiger partial charge is 0.275 e. The van der Waals surface area contributed by atoms with Crippen LogP contribution in [-0.2, 0) is 0 Å². The maximum Gasteiger partial charge on any atom is 0.211 e. The molecule has 0 aliphatic carbocycles. The normalized spacial score (nSPS) is 20.4. The Labute approximate surface area is 116 Å². The standard InChI is InChI=1S/C8H14N8S2/c1-13-7(17)14(2)10-5(9-13)6-11-15(3)8(18)16(4)12-6/h1-4H3,(H,9,10)(H,11,12). The van der Waals surface area contributed by atoms with E-state index in [2.05, 4.69) is 21.1 Å². The minimum atomic E-state index is 0.565. The average Bonchev–Trinajstić information content (AvgIpc) is 2.31. The van der Waals surface area contributed by atoms with Gasteiger partial charge in [-0.1, -0.05) is 0 Å². The summed E-state index contributed by atoms with van der Waals surface area (Å²) in [5.41, 5.74) is 6.07. The van der Waals surface area contributed by atoms with E-state index < -0.39 is 0 Å². The number of hydrazone groups is 2. The number of hydrogen-bond acceptors (Lipinski definition) is 6. The molecule has 2 rings (SSSR count). The highest BCUT2D eigenvalue weighted by atomic mass is 32.1. The van der Waals surface area contributed by atoms with Gasteiger partial charge in [-0.05, 0) is 24.4 Å². The van der Waals surface area contributed by atoms with Crippen LogP contribution in [0.15, 0.2) is 10.2 Å². The summed E-state index contributed by atoms with van der Waals surface area (Å²) in [4.78, 5) is 0. The van der Waals surface area contributed by atoms with E-state index in [1.54, 1.807) is 34.1 Å². The van der Waals surface area contributed by atoms with Gasteiger partial charge < -0.3 is 0 Å². The van der Waals surface area contributed by atoms with Crippen molar-refractivity contribution in [1.82, 2.24) is 30.9 Å². The summed E-state index contributed by atoms with van der Waals surface area (Å²) in [5, 5.41) is 16.3. The first-order valence-corrected chi connectivity index (χ1v) is 5.95. The first-order valence-electron chi connectivity index (χ1n) is 5.14. The van der Waals surface area contributed by atoms with Crippen molar-refractivity contribution < 1.29 is 0 Å². The van der Waals surface area contributed by atoms with Crippen LogP contribution in [0.3, 0.4) is 0 Å². The molecule has 0 aromatic rings. The lowest BCUT2D eigenvalue weighted by atomic mass is 10.5. The third-order valence-electron chi connectivity index (χ3n) is 2.40. The molecular formula is C8H14N8S2. The van der Waals surface area contributed by atoms with Crippen LogP contribution >= 0.6 is 24.4 Å². The maximum absolute atomic E-state index is 5.15. The zero-order valence-electron chi connectivity index (χ0n) is 10.5. The lowest BCUT2D eigenvalue weighted by Crippen LogP contribution is -2.61. The van der Waals surface area contributed by atoms with Crippen molar-refractivity contribution in [3.63, 3.8) is 0 Å². The second kappa shape index (κ2) is 4.53. The van der Waals surface area contributed by atoms with Gasteiger partial charge in [-0.25, -0.2) is 10.0 Å². The Kier molecular flexibility index (Phi) is 3.22. The number of nitrogens with one attached hydrogen (secondary N) is 2. The third kappa shape index (κ3) is 2.16. The number of rotatable bonds is 1. The molecule has 2 aliphatic rings. The highest BCUT2D eigenvalue weighted by molar-refractivity contribution is 7.80. The molecule has 8 nitrogen and oxygen atoms in total. The molecule has 0 saturated heterocycles. The molecule has 2 heterocycles. The summed E-state index contributed by atoms with van der Waals surface area (Å²) >= 11 is 10.3. The summed E-state index contributed by atoms with van der Waals surface area (Å²) in [6.45, 7) is 0. The molecule has 0 aromatic heterocycles.